The molecule has 0 bridgehead atoms. The summed E-state index contributed by atoms with van der Waals surface area (Å²) in [7, 11) is 0. The molecule has 1 aliphatic rings. The molecule has 5 heterocycles. The van der Waals surface area contributed by atoms with E-state index in [1.54, 1.807) is 37.6 Å². The van der Waals surface area contributed by atoms with Gasteiger partial charge in [0.05, 0.1) is 24.3 Å². The minimum absolute atomic E-state index is 0.186. The molecule has 0 aliphatic carbocycles. The van der Waals surface area contributed by atoms with Crippen LogP contribution >= 0.6 is 0 Å². The Labute approximate surface area is 217 Å². The Morgan fingerprint density at radius 1 is 0.921 bits per heavy atom. The first-order valence-corrected chi connectivity index (χ1v) is 12.1. The van der Waals surface area contributed by atoms with Crippen LogP contribution in [0.4, 0.5) is 17.5 Å². The van der Waals surface area contributed by atoms with E-state index in [1.165, 1.54) is 0 Å². The van der Waals surface area contributed by atoms with Gasteiger partial charge in [-0.1, -0.05) is 12.1 Å². The van der Waals surface area contributed by atoms with Gasteiger partial charge in [0.25, 0.3) is 5.91 Å². The number of hydrogen-bond acceptors (Lipinski definition) is 10. The van der Waals surface area contributed by atoms with Gasteiger partial charge in [-0.05, 0) is 42.8 Å². The molecule has 1 aliphatic heterocycles. The number of ether oxygens (including phenoxy) is 1. The number of carbonyl (C=O) groups excluding carboxylic acids is 1. The van der Waals surface area contributed by atoms with E-state index in [2.05, 4.69) is 20.2 Å². The highest BCUT2D eigenvalue weighted by molar-refractivity contribution is 6.02. The fraction of sp³-hybridized carbons (Fsp3) is 0.185. The molecule has 1 amide bonds. The van der Waals surface area contributed by atoms with Crippen molar-refractivity contribution in [1.29, 1.82) is 0 Å². The molecule has 11 nitrogen and oxygen atoms in total. The SMILES string of the molecule is Cc1ccc(C(=O)Nc2ccc(-c3cnc4c(N5CCOCC5)nc(-c5cnc(N)nc5)nc4c3)cc2)o1. The van der Waals surface area contributed by atoms with Gasteiger partial charge in [0, 0.05) is 42.9 Å². The number of aryl methyl sites for hydroxylation is 1. The smallest absolute Gasteiger partial charge is 0.291 e. The van der Waals surface area contributed by atoms with Crippen molar-refractivity contribution < 1.29 is 13.9 Å². The molecular formula is C27H24N8O3. The number of rotatable bonds is 5. The highest BCUT2D eigenvalue weighted by Crippen LogP contribution is 2.30. The zero-order valence-corrected chi connectivity index (χ0v) is 20.6. The molecule has 190 valence electrons. The van der Waals surface area contributed by atoms with Crippen LogP contribution < -0.4 is 16.0 Å². The predicted molar refractivity (Wildman–Crippen MR) is 143 cm³/mol. The number of nitrogen functional groups attached to an aromatic ring is 1. The Bertz CT molecular complexity index is 1610. The fourth-order valence-corrected chi connectivity index (χ4v) is 4.23. The van der Waals surface area contributed by atoms with Crippen molar-refractivity contribution in [2.45, 2.75) is 6.92 Å². The molecular weight excluding hydrogens is 484 g/mol. The first kappa shape index (κ1) is 23.5. The molecule has 38 heavy (non-hydrogen) atoms. The lowest BCUT2D eigenvalue weighted by molar-refractivity contribution is 0.0995. The van der Waals surface area contributed by atoms with E-state index >= 15 is 0 Å². The quantitative estimate of drug-likeness (QED) is 0.360. The summed E-state index contributed by atoms with van der Waals surface area (Å²) in [6.07, 6.45) is 5.03. The molecule has 0 unspecified atom stereocenters. The van der Waals surface area contributed by atoms with Gasteiger partial charge in [-0.25, -0.2) is 19.9 Å². The maximum atomic E-state index is 12.4. The van der Waals surface area contributed by atoms with Crippen LogP contribution in [-0.2, 0) is 4.74 Å². The van der Waals surface area contributed by atoms with Crippen molar-refractivity contribution in [3.05, 3.63) is 72.6 Å². The molecule has 0 atom stereocenters. The second kappa shape index (κ2) is 9.87. The molecule has 5 aromatic rings. The molecule has 1 fully saturated rings. The Hall–Kier alpha value is -4.90. The highest BCUT2D eigenvalue weighted by atomic mass is 16.5. The number of nitrogens with zero attached hydrogens (tertiary/aromatic N) is 6. The average molecular weight is 509 g/mol. The monoisotopic (exact) mass is 508 g/mol. The summed E-state index contributed by atoms with van der Waals surface area (Å²) in [5, 5.41) is 2.85. The summed E-state index contributed by atoms with van der Waals surface area (Å²) in [5.74, 6) is 2.06. The summed E-state index contributed by atoms with van der Waals surface area (Å²) < 4.78 is 10.9. The van der Waals surface area contributed by atoms with Crippen LogP contribution in [0.1, 0.15) is 16.3 Å². The van der Waals surface area contributed by atoms with Gasteiger partial charge >= 0.3 is 0 Å². The number of fused-ring (bicyclic) bond motifs is 1. The number of pyridine rings is 1. The minimum Gasteiger partial charge on any atom is -0.456 e. The number of nitrogens with one attached hydrogen (secondary N) is 1. The maximum Gasteiger partial charge on any atom is 0.291 e. The summed E-state index contributed by atoms with van der Waals surface area (Å²) in [5.41, 5.74) is 10.2. The zero-order chi connectivity index (χ0) is 26.1. The largest absolute Gasteiger partial charge is 0.456 e. The van der Waals surface area contributed by atoms with E-state index in [9.17, 15) is 4.79 Å². The molecule has 0 radical (unpaired) electrons. The van der Waals surface area contributed by atoms with E-state index in [0.29, 0.717) is 60.2 Å². The molecule has 1 aromatic carbocycles. The lowest BCUT2D eigenvalue weighted by atomic mass is 10.1. The van der Waals surface area contributed by atoms with Crippen LogP contribution in [0.15, 0.2) is 65.5 Å². The normalized spacial score (nSPS) is 13.6. The van der Waals surface area contributed by atoms with E-state index in [4.69, 9.17) is 29.8 Å². The van der Waals surface area contributed by atoms with Crippen LogP contribution in [0.2, 0.25) is 0 Å². The third-order valence-corrected chi connectivity index (χ3v) is 6.20. The Morgan fingerprint density at radius 2 is 1.66 bits per heavy atom. The average Bonchev–Trinajstić information content (AvgIpc) is 3.40. The lowest BCUT2D eigenvalue weighted by Gasteiger charge is -2.28. The van der Waals surface area contributed by atoms with Gasteiger partial charge in [0.2, 0.25) is 5.95 Å². The first-order chi connectivity index (χ1) is 18.5. The standard InChI is InChI=1S/C27H24N8O3/c1-16-2-7-22(38-16)26(36)32-20-5-3-17(4-6-20)18-12-21-23(29-13-18)25(35-8-10-37-11-9-35)34-24(33-21)19-14-30-27(28)31-15-19/h2-7,12-15H,8-11H2,1H3,(H,32,36)(H2,28,30,31). The molecule has 1 saturated heterocycles. The van der Waals surface area contributed by atoms with Crippen molar-refractivity contribution in [2.75, 3.05) is 42.3 Å². The minimum atomic E-state index is -0.301. The van der Waals surface area contributed by atoms with Crippen LogP contribution in [0.25, 0.3) is 33.5 Å². The number of aromatic nitrogens is 5. The van der Waals surface area contributed by atoms with Gasteiger partial charge in [-0.2, -0.15) is 0 Å². The summed E-state index contributed by atoms with van der Waals surface area (Å²) >= 11 is 0. The van der Waals surface area contributed by atoms with E-state index in [-0.39, 0.29) is 17.6 Å². The second-order valence-electron chi connectivity index (χ2n) is 8.83. The highest BCUT2D eigenvalue weighted by Gasteiger charge is 2.20. The van der Waals surface area contributed by atoms with Crippen molar-refractivity contribution in [2.24, 2.45) is 0 Å². The van der Waals surface area contributed by atoms with Gasteiger partial charge in [-0.15, -0.1) is 0 Å². The Balaban J connectivity index is 1.34. The lowest BCUT2D eigenvalue weighted by Crippen LogP contribution is -2.37. The maximum absolute atomic E-state index is 12.4. The third kappa shape index (κ3) is 4.74. The van der Waals surface area contributed by atoms with E-state index < -0.39 is 0 Å². The number of morpholine rings is 1. The molecule has 0 saturated carbocycles. The van der Waals surface area contributed by atoms with Crippen LogP contribution in [0.3, 0.4) is 0 Å². The number of furan rings is 1. The summed E-state index contributed by atoms with van der Waals surface area (Å²) in [6.45, 7) is 4.44. The second-order valence-corrected chi connectivity index (χ2v) is 8.83. The third-order valence-electron chi connectivity index (χ3n) is 6.20. The molecule has 3 N–H and O–H groups in total. The van der Waals surface area contributed by atoms with Crippen molar-refractivity contribution in [3.63, 3.8) is 0 Å². The molecule has 11 heteroatoms. The van der Waals surface area contributed by atoms with Crippen molar-refractivity contribution in [1.82, 2.24) is 24.9 Å². The first-order valence-electron chi connectivity index (χ1n) is 12.1. The van der Waals surface area contributed by atoms with Gasteiger partial charge in [-0.3, -0.25) is 9.78 Å². The van der Waals surface area contributed by atoms with E-state index in [1.807, 2.05) is 30.3 Å². The summed E-state index contributed by atoms with van der Waals surface area (Å²) in [6, 6.07) is 12.9. The predicted octanol–water partition coefficient (Wildman–Crippen LogP) is 3.72. The number of hydrogen-bond donors (Lipinski definition) is 2. The number of carbonyl (C=O) groups is 1. The fourth-order valence-electron chi connectivity index (χ4n) is 4.23. The van der Waals surface area contributed by atoms with Gasteiger partial charge < -0.3 is 25.1 Å². The zero-order valence-electron chi connectivity index (χ0n) is 20.6. The number of nitrogens with two attached hydrogens (primary N) is 1. The van der Waals surface area contributed by atoms with E-state index in [0.717, 1.165) is 16.9 Å². The molecule has 0 spiro atoms. The van der Waals surface area contributed by atoms with Gasteiger partial charge in [0.15, 0.2) is 17.4 Å². The van der Waals surface area contributed by atoms with Crippen molar-refractivity contribution in [3.8, 4) is 22.5 Å². The number of amides is 1. The van der Waals surface area contributed by atoms with Crippen LogP contribution in [-0.4, -0.2) is 57.1 Å². The Morgan fingerprint density at radius 3 is 2.37 bits per heavy atom. The molecule has 4 aromatic heterocycles. The van der Waals surface area contributed by atoms with Crippen LogP contribution in [0.5, 0.6) is 0 Å². The van der Waals surface area contributed by atoms with Crippen molar-refractivity contribution >= 4 is 34.4 Å². The van der Waals surface area contributed by atoms with Gasteiger partial charge in [0.1, 0.15) is 11.3 Å². The molecule has 6 rings (SSSR count). The number of benzene rings is 1. The summed E-state index contributed by atoms with van der Waals surface area (Å²) in [4.78, 5) is 37.1. The van der Waals surface area contributed by atoms with Crippen LogP contribution in [0, 0.1) is 6.92 Å². The topological polar surface area (TPSA) is 145 Å². The number of anilines is 3. The Kier molecular flexibility index (Phi) is 6.10.